The van der Waals surface area contributed by atoms with Crippen LogP contribution in [0.2, 0.25) is 0 Å². The molecule has 0 unspecified atom stereocenters. The van der Waals surface area contributed by atoms with Gasteiger partial charge in [-0.2, -0.15) is 13.2 Å². The van der Waals surface area contributed by atoms with Gasteiger partial charge in [-0.05, 0) is 12.1 Å². The van der Waals surface area contributed by atoms with Gasteiger partial charge in [-0.15, -0.1) is 11.3 Å². The number of nitrogens with two attached hydrogens (primary N) is 1. The monoisotopic (exact) mass is 287 g/mol. The van der Waals surface area contributed by atoms with Crippen molar-refractivity contribution in [2.45, 2.75) is 6.18 Å². The number of alkyl halides is 3. The molecule has 0 aliphatic carbocycles. The predicted octanol–water partition coefficient (Wildman–Crippen LogP) is 2.92. The SMILES string of the molecule is NC(=NO)c1nc(-c2ccc(C(F)(F)F)cc2)cs1. The van der Waals surface area contributed by atoms with Crippen LogP contribution in [0.3, 0.4) is 0 Å². The van der Waals surface area contributed by atoms with E-state index in [2.05, 4.69) is 10.1 Å². The smallest absolute Gasteiger partial charge is 0.409 e. The summed E-state index contributed by atoms with van der Waals surface area (Å²) in [5.41, 5.74) is 5.65. The Morgan fingerprint density at radius 1 is 1.26 bits per heavy atom. The van der Waals surface area contributed by atoms with Crippen LogP contribution in [0.15, 0.2) is 34.8 Å². The van der Waals surface area contributed by atoms with Crippen LogP contribution in [-0.4, -0.2) is 16.0 Å². The van der Waals surface area contributed by atoms with Gasteiger partial charge in [0, 0.05) is 10.9 Å². The van der Waals surface area contributed by atoms with Gasteiger partial charge in [-0.25, -0.2) is 4.98 Å². The van der Waals surface area contributed by atoms with Gasteiger partial charge in [0.25, 0.3) is 0 Å². The zero-order valence-corrected chi connectivity index (χ0v) is 10.2. The minimum absolute atomic E-state index is 0.136. The number of rotatable bonds is 2. The van der Waals surface area contributed by atoms with Crippen molar-refractivity contribution >= 4 is 17.2 Å². The van der Waals surface area contributed by atoms with Gasteiger partial charge in [-0.3, -0.25) is 0 Å². The van der Waals surface area contributed by atoms with Crippen LogP contribution < -0.4 is 5.73 Å². The van der Waals surface area contributed by atoms with Gasteiger partial charge in [0.1, 0.15) is 0 Å². The lowest BCUT2D eigenvalue weighted by molar-refractivity contribution is -0.137. The Morgan fingerprint density at radius 2 is 1.89 bits per heavy atom. The molecule has 1 aromatic heterocycles. The van der Waals surface area contributed by atoms with Crippen LogP contribution in [0.1, 0.15) is 10.6 Å². The van der Waals surface area contributed by atoms with Crippen LogP contribution in [0.4, 0.5) is 13.2 Å². The molecule has 0 bridgehead atoms. The molecule has 0 radical (unpaired) electrons. The number of thiazole rings is 1. The first kappa shape index (κ1) is 13.3. The third-order valence-electron chi connectivity index (χ3n) is 2.34. The standard InChI is InChI=1S/C11H8F3N3OS/c12-11(13,14)7-3-1-6(2-4-7)8-5-19-10(16-8)9(15)17-18/h1-5,18H,(H2,15,17). The molecule has 0 atom stereocenters. The third-order valence-corrected chi connectivity index (χ3v) is 3.20. The van der Waals surface area contributed by atoms with Gasteiger partial charge in [-0.1, -0.05) is 17.3 Å². The average Bonchev–Trinajstić information content (AvgIpc) is 2.86. The predicted molar refractivity (Wildman–Crippen MR) is 65.1 cm³/mol. The van der Waals surface area contributed by atoms with E-state index >= 15 is 0 Å². The summed E-state index contributed by atoms with van der Waals surface area (Å²) in [4.78, 5) is 4.06. The van der Waals surface area contributed by atoms with Crippen molar-refractivity contribution in [2.75, 3.05) is 0 Å². The fraction of sp³-hybridized carbons (Fsp3) is 0.0909. The maximum Gasteiger partial charge on any atom is 0.416 e. The highest BCUT2D eigenvalue weighted by Gasteiger charge is 2.30. The average molecular weight is 287 g/mol. The molecule has 1 heterocycles. The van der Waals surface area contributed by atoms with E-state index in [4.69, 9.17) is 10.9 Å². The van der Waals surface area contributed by atoms with Crippen LogP contribution in [0, 0.1) is 0 Å². The number of nitrogens with zero attached hydrogens (tertiary/aromatic N) is 2. The molecule has 2 rings (SSSR count). The van der Waals surface area contributed by atoms with E-state index in [0.29, 0.717) is 16.3 Å². The lowest BCUT2D eigenvalue weighted by Crippen LogP contribution is -2.12. The Balaban J connectivity index is 2.30. The van der Waals surface area contributed by atoms with Crippen molar-refractivity contribution in [3.8, 4) is 11.3 Å². The van der Waals surface area contributed by atoms with E-state index in [1.807, 2.05) is 0 Å². The molecule has 0 fully saturated rings. The summed E-state index contributed by atoms with van der Waals surface area (Å²) >= 11 is 1.14. The number of benzene rings is 1. The summed E-state index contributed by atoms with van der Waals surface area (Å²) in [6, 6.07) is 4.62. The van der Waals surface area contributed by atoms with Gasteiger partial charge in [0.2, 0.25) is 0 Å². The van der Waals surface area contributed by atoms with Crippen LogP contribution in [0.25, 0.3) is 11.3 Å². The lowest BCUT2D eigenvalue weighted by Gasteiger charge is -2.06. The van der Waals surface area contributed by atoms with E-state index < -0.39 is 11.7 Å². The second-order valence-electron chi connectivity index (χ2n) is 3.60. The summed E-state index contributed by atoms with van der Waals surface area (Å²) in [5.74, 6) is -0.136. The first-order chi connectivity index (χ1) is 8.91. The lowest BCUT2D eigenvalue weighted by atomic mass is 10.1. The Hall–Kier alpha value is -2.09. The van der Waals surface area contributed by atoms with Crippen LogP contribution in [-0.2, 0) is 6.18 Å². The number of hydrogen-bond acceptors (Lipinski definition) is 4. The summed E-state index contributed by atoms with van der Waals surface area (Å²) < 4.78 is 37.2. The van der Waals surface area contributed by atoms with Gasteiger partial charge >= 0.3 is 6.18 Å². The second kappa shape index (κ2) is 4.88. The molecule has 19 heavy (non-hydrogen) atoms. The topological polar surface area (TPSA) is 71.5 Å². The zero-order chi connectivity index (χ0) is 14.0. The quantitative estimate of drug-likeness (QED) is 0.386. The highest BCUT2D eigenvalue weighted by Crippen LogP contribution is 2.31. The van der Waals surface area contributed by atoms with E-state index in [9.17, 15) is 13.2 Å². The molecule has 3 N–H and O–H groups in total. The molecule has 0 spiro atoms. The van der Waals surface area contributed by atoms with E-state index in [1.54, 1.807) is 5.38 Å². The number of aromatic nitrogens is 1. The van der Waals surface area contributed by atoms with Gasteiger partial charge in [0.15, 0.2) is 10.8 Å². The normalized spacial score (nSPS) is 12.7. The first-order valence-corrected chi connectivity index (χ1v) is 5.91. The van der Waals surface area contributed by atoms with Crippen molar-refractivity contribution in [1.29, 1.82) is 0 Å². The summed E-state index contributed by atoms with van der Waals surface area (Å²) in [6.07, 6.45) is -4.36. The van der Waals surface area contributed by atoms with Crippen molar-refractivity contribution in [2.24, 2.45) is 10.9 Å². The van der Waals surface area contributed by atoms with Crippen molar-refractivity contribution < 1.29 is 18.4 Å². The van der Waals surface area contributed by atoms with Crippen molar-refractivity contribution in [1.82, 2.24) is 4.98 Å². The fourth-order valence-electron chi connectivity index (χ4n) is 1.40. The summed E-state index contributed by atoms with van der Waals surface area (Å²) in [6.45, 7) is 0. The summed E-state index contributed by atoms with van der Waals surface area (Å²) in [7, 11) is 0. The molecule has 0 aliphatic heterocycles. The maximum atomic E-state index is 12.4. The van der Waals surface area contributed by atoms with Crippen LogP contribution >= 0.6 is 11.3 Å². The van der Waals surface area contributed by atoms with E-state index in [0.717, 1.165) is 23.5 Å². The Bertz CT molecular complexity index is 604. The van der Waals surface area contributed by atoms with Gasteiger partial charge < -0.3 is 10.9 Å². The maximum absolute atomic E-state index is 12.4. The zero-order valence-electron chi connectivity index (χ0n) is 9.35. The first-order valence-electron chi connectivity index (χ1n) is 5.03. The highest BCUT2D eigenvalue weighted by atomic mass is 32.1. The molecule has 1 aromatic carbocycles. The van der Waals surface area contributed by atoms with Crippen LogP contribution in [0.5, 0.6) is 0 Å². The minimum Gasteiger partial charge on any atom is -0.409 e. The van der Waals surface area contributed by atoms with Crippen molar-refractivity contribution in [3.05, 3.63) is 40.2 Å². The molecule has 8 heteroatoms. The molecule has 0 amide bonds. The molecule has 0 aliphatic rings. The molecule has 0 saturated heterocycles. The van der Waals surface area contributed by atoms with Gasteiger partial charge in [0.05, 0.1) is 11.3 Å². The highest BCUT2D eigenvalue weighted by molar-refractivity contribution is 7.12. The third kappa shape index (κ3) is 2.84. The fourth-order valence-corrected chi connectivity index (χ4v) is 2.12. The van der Waals surface area contributed by atoms with Crippen molar-refractivity contribution in [3.63, 3.8) is 0 Å². The largest absolute Gasteiger partial charge is 0.416 e. The molecular formula is C11H8F3N3OS. The number of halogens is 3. The number of hydrogen-bond donors (Lipinski definition) is 2. The van der Waals surface area contributed by atoms with E-state index in [-0.39, 0.29) is 5.84 Å². The number of amidine groups is 1. The Morgan fingerprint density at radius 3 is 2.42 bits per heavy atom. The molecule has 100 valence electrons. The molecule has 2 aromatic rings. The molecule has 4 nitrogen and oxygen atoms in total. The second-order valence-corrected chi connectivity index (χ2v) is 4.46. The Kier molecular flexibility index (Phi) is 3.43. The minimum atomic E-state index is -4.36. The molecule has 0 saturated carbocycles. The van der Waals surface area contributed by atoms with E-state index in [1.165, 1.54) is 12.1 Å². The Labute approximate surface area is 110 Å². The number of oxime groups is 1. The summed E-state index contributed by atoms with van der Waals surface area (Å²) in [5, 5.41) is 13.2. The molecular weight excluding hydrogens is 279 g/mol.